The second kappa shape index (κ2) is 4.46. The largest absolute Gasteiger partial charge is 0.353 e. The van der Waals surface area contributed by atoms with Gasteiger partial charge in [-0.25, -0.2) is 4.98 Å². The minimum Gasteiger partial charge on any atom is -0.353 e. The van der Waals surface area contributed by atoms with E-state index in [1.165, 1.54) is 19.3 Å². The Bertz CT molecular complexity index is 395. The van der Waals surface area contributed by atoms with Gasteiger partial charge in [0.25, 0.3) is 0 Å². The van der Waals surface area contributed by atoms with Crippen LogP contribution in [0.4, 0.5) is 5.82 Å². The summed E-state index contributed by atoms with van der Waals surface area (Å²) in [6.07, 6.45) is 3.99. The Kier molecular flexibility index (Phi) is 2.97. The van der Waals surface area contributed by atoms with E-state index < -0.39 is 0 Å². The third-order valence-corrected chi connectivity index (χ3v) is 4.32. The van der Waals surface area contributed by atoms with Crippen molar-refractivity contribution >= 4 is 17.4 Å². The molecule has 0 saturated carbocycles. The van der Waals surface area contributed by atoms with Gasteiger partial charge in [-0.1, -0.05) is 24.1 Å². The summed E-state index contributed by atoms with van der Waals surface area (Å²) in [7, 11) is 2.26. The number of hydrogen-bond donors (Lipinski definition) is 0. The van der Waals surface area contributed by atoms with Crippen LogP contribution in [-0.2, 0) is 0 Å². The van der Waals surface area contributed by atoms with Crippen LogP contribution in [0.2, 0.25) is 5.15 Å². The van der Waals surface area contributed by atoms with Gasteiger partial charge in [0, 0.05) is 25.2 Å². The van der Waals surface area contributed by atoms with Crippen LogP contribution in [0.5, 0.6) is 0 Å². The Morgan fingerprint density at radius 2 is 1.94 bits per heavy atom. The molecule has 2 fully saturated rings. The molecule has 0 spiro atoms. The molecule has 2 unspecified atom stereocenters. The smallest absolute Gasteiger partial charge is 0.131 e. The molecular formula is C13H18ClN3. The van der Waals surface area contributed by atoms with Crippen LogP contribution in [-0.4, -0.2) is 42.1 Å². The lowest BCUT2D eigenvalue weighted by Gasteiger charge is -2.48. The topological polar surface area (TPSA) is 19.4 Å². The number of anilines is 1. The number of nitrogens with zero attached hydrogens (tertiary/aromatic N) is 3. The summed E-state index contributed by atoms with van der Waals surface area (Å²) >= 11 is 5.97. The van der Waals surface area contributed by atoms with Gasteiger partial charge in [-0.2, -0.15) is 0 Å². The highest BCUT2D eigenvalue weighted by Gasteiger charge is 2.35. The van der Waals surface area contributed by atoms with E-state index in [1.54, 1.807) is 0 Å². The zero-order valence-corrected chi connectivity index (χ0v) is 10.9. The molecule has 1 aromatic rings. The van der Waals surface area contributed by atoms with Gasteiger partial charge in [0.2, 0.25) is 0 Å². The first kappa shape index (κ1) is 11.3. The molecule has 0 aromatic carbocycles. The minimum absolute atomic E-state index is 0.589. The third kappa shape index (κ3) is 2.14. The second-order valence-electron chi connectivity index (χ2n) is 5.13. The van der Waals surface area contributed by atoms with E-state index in [0.29, 0.717) is 17.2 Å². The number of halogens is 1. The summed E-state index contributed by atoms with van der Waals surface area (Å²) in [4.78, 5) is 9.36. The van der Waals surface area contributed by atoms with Crippen LogP contribution in [0, 0.1) is 0 Å². The van der Waals surface area contributed by atoms with Crippen molar-refractivity contribution in [1.82, 2.24) is 9.88 Å². The van der Waals surface area contributed by atoms with Gasteiger partial charge in [-0.3, -0.25) is 4.90 Å². The molecule has 2 aliphatic rings. The Morgan fingerprint density at radius 1 is 1.24 bits per heavy atom. The van der Waals surface area contributed by atoms with Crippen molar-refractivity contribution < 1.29 is 0 Å². The van der Waals surface area contributed by atoms with Gasteiger partial charge in [0.15, 0.2) is 0 Å². The summed E-state index contributed by atoms with van der Waals surface area (Å²) < 4.78 is 0. The summed E-state index contributed by atoms with van der Waals surface area (Å²) in [6.45, 7) is 2.17. The van der Waals surface area contributed by atoms with Crippen LogP contribution in [0.1, 0.15) is 19.3 Å². The fourth-order valence-corrected chi connectivity index (χ4v) is 3.24. The van der Waals surface area contributed by atoms with Crippen molar-refractivity contribution in [1.29, 1.82) is 0 Å². The number of piperidine rings is 1. The van der Waals surface area contributed by atoms with Crippen molar-refractivity contribution in [3.05, 3.63) is 23.4 Å². The van der Waals surface area contributed by atoms with Crippen molar-refractivity contribution in [3.63, 3.8) is 0 Å². The number of rotatable bonds is 1. The quantitative estimate of drug-likeness (QED) is 0.715. The number of hydrogen-bond acceptors (Lipinski definition) is 3. The lowest BCUT2D eigenvalue weighted by molar-refractivity contribution is 0.0947. The first-order valence-electron chi connectivity index (χ1n) is 6.33. The normalized spacial score (nSPS) is 29.4. The van der Waals surface area contributed by atoms with Gasteiger partial charge in [0.05, 0.1) is 0 Å². The van der Waals surface area contributed by atoms with Gasteiger partial charge in [0.1, 0.15) is 11.0 Å². The molecule has 0 aliphatic carbocycles. The molecular weight excluding hydrogens is 234 g/mol. The van der Waals surface area contributed by atoms with Gasteiger partial charge in [-0.05, 0) is 32.0 Å². The predicted octanol–water partition coefficient (Wildman–Crippen LogP) is 2.41. The van der Waals surface area contributed by atoms with E-state index in [2.05, 4.69) is 27.9 Å². The Balaban J connectivity index is 1.82. The van der Waals surface area contributed by atoms with Crippen LogP contribution in [0.15, 0.2) is 18.2 Å². The minimum atomic E-state index is 0.589. The van der Waals surface area contributed by atoms with E-state index in [-0.39, 0.29) is 0 Å². The molecule has 1 aromatic heterocycles. The standard InChI is InChI=1S/C13H18ClN3/c1-16-10-4-2-5-11(16)9-17(8-10)13-7-3-6-12(14)15-13/h3,6-7,10-11H,2,4-5,8-9H2,1H3. The highest BCUT2D eigenvalue weighted by Crippen LogP contribution is 2.29. The molecule has 2 saturated heterocycles. The Labute approximate surface area is 107 Å². The summed E-state index contributed by atoms with van der Waals surface area (Å²) in [5.41, 5.74) is 0. The summed E-state index contributed by atoms with van der Waals surface area (Å²) in [5.74, 6) is 1.03. The fourth-order valence-electron chi connectivity index (χ4n) is 3.08. The van der Waals surface area contributed by atoms with Crippen molar-refractivity contribution in [3.8, 4) is 0 Å². The number of fused-ring (bicyclic) bond motifs is 2. The zero-order valence-electron chi connectivity index (χ0n) is 10.1. The zero-order chi connectivity index (χ0) is 11.8. The van der Waals surface area contributed by atoms with E-state index in [9.17, 15) is 0 Å². The molecule has 2 atom stereocenters. The van der Waals surface area contributed by atoms with Gasteiger partial charge < -0.3 is 4.90 Å². The molecule has 2 bridgehead atoms. The first-order valence-corrected chi connectivity index (χ1v) is 6.71. The van der Waals surface area contributed by atoms with Crippen LogP contribution in [0.25, 0.3) is 0 Å². The number of likely N-dealkylation sites (N-methyl/N-ethyl adjacent to an activating group) is 1. The van der Waals surface area contributed by atoms with Crippen LogP contribution < -0.4 is 4.90 Å². The first-order chi connectivity index (χ1) is 8.24. The molecule has 2 aliphatic heterocycles. The van der Waals surface area contributed by atoms with Crippen LogP contribution in [0.3, 0.4) is 0 Å². The maximum absolute atomic E-state index is 5.97. The van der Waals surface area contributed by atoms with E-state index >= 15 is 0 Å². The Morgan fingerprint density at radius 3 is 2.59 bits per heavy atom. The number of pyridine rings is 1. The maximum atomic E-state index is 5.97. The molecule has 0 N–H and O–H groups in total. The van der Waals surface area contributed by atoms with E-state index in [1.807, 2.05) is 12.1 Å². The lowest BCUT2D eigenvalue weighted by Crippen LogP contribution is -2.59. The Hall–Kier alpha value is -0.800. The average molecular weight is 252 g/mol. The van der Waals surface area contributed by atoms with Crippen molar-refractivity contribution in [2.45, 2.75) is 31.3 Å². The third-order valence-electron chi connectivity index (χ3n) is 4.11. The van der Waals surface area contributed by atoms with Gasteiger partial charge >= 0.3 is 0 Å². The summed E-state index contributed by atoms with van der Waals surface area (Å²) in [6, 6.07) is 7.25. The molecule has 0 amide bonds. The maximum Gasteiger partial charge on any atom is 0.131 e. The van der Waals surface area contributed by atoms with Crippen molar-refractivity contribution in [2.75, 3.05) is 25.0 Å². The molecule has 3 rings (SSSR count). The monoisotopic (exact) mass is 251 g/mol. The van der Waals surface area contributed by atoms with Crippen LogP contribution >= 0.6 is 11.6 Å². The highest BCUT2D eigenvalue weighted by atomic mass is 35.5. The average Bonchev–Trinajstić information content (AvgIpc) is 2.28. The summed E-state index contributed by atoms with van der Waals surface area (Å²) in [5, 5.41) is 0.589. The molecule has 17 heavy (non-hydrogen) atoms. The van der Waals surface area contributed by atoms with E-state index in [0.717, 1.165) is 18.9 Å². The lowest BCUT2D eigenvalue weighted by atomic mass is 9.92. The SMILES string of the molecule is CN1C2CCCC1CN(c1cccc(Cl)n1)C2. The fraction of sp³-hybridized carbons (Fsp3) is 0.615. The molecule has 3 heterocycles. The van der Waals surface area contributed by atoms with Crippen molar-refractivity contribution in [2.24, 2.45) is 0 Å². The predicted molar refractivity (Wildman–Crippen MR) is 70.7 cm³/mol. The number of piperazine rings is 1. The van der Waals surface area contributed by atoms with E-state index in [4.69, 9.17) is 11.6 Å². The number of aromatic nitrogens is 1. The highest BCUT2D eigenvalue weighted by molar-refractivity contribution is 6.29. The van der Waals surface area contributed by atoms with Gasteiger partial charge in [-0.15, -0.1) is 0 Å². The molecule has 4 heteroatoms. The second-order valence-corrected chi connectivity index (χ2v) is 5.51. The molecule has 3 nitrogen and oxygen atoms in total. The molecule has 0 radical (unpaired) electrons. The molecule has 92 valence electrons.